The Kier molecular flexibility index (Phi) is 3.83. The molecule has 20 heavy (non-hydrogen) atoms. The molecule has 0 saturated heterocycles. The number of guanidine groups is 1. The third kappa shape index (κ3) is 2.91. The molecular weight excluding hydrogens is 274 g/mol. The van der Waals surface area contributed by atoms with Gasteiger partial charge in [-0.15, -0.1) is 11.3 Å². The molecule has 0 spiro atoms. The highest BCUT2D eigenvalue weighted by Gasteiger charge is 2.23. The van der Waals surface area contributed by atoms with E-state index in [1.165, 1.54) is 0 Å². The SMILES string of the molecule is O=C1CCN=C(NCc2ccco2)N1Cc1cccs1. The molecule has 3 heterocycles. The second-order valence-electron chi connectivity index (χ2n) is 4.45. The minimum absolute atomic E-state index is 0.107. The molecule has 2 aromatic heterocycles. The van der Waals surface area contributed by atoms with Crippen LogP contribution in [0.3, 0.4) is 0 Å². The molecule has 0 saturated carbocycles. The summed E-state index contributed by atoms with van der Waals surface area (Å²) in [6, 6.07) is 7.74. The molecule has 1 aliphatic rings. The van der Waals surface area contributed by atoms with Crippen molar-refractivity contribution in [2.75, 3.05) is 6.54 Å². The molecular formula is C14H15N3O2S. The Labute approximate surface area is 120 Å². The smallest absolute Gasteiger partial charge is 0.231 e. The van der Waals surface area contributed by atoms with Crippen LogP contribution in [0.2, 0.25) is 0 Å². The maximum absolute atomic E-state index is 12.1. The Balaban J connectivity index is 1.69. The lowest BCUT2D eigenvalue weighted by molar-refractivity contribution is -0.128. The predicted molar refractivity (Wildman–Crippen MR) is 77.3 cm³/mol. The Morgan fingerprint density at radius 1 is 1.40 bits per heavy atom. The minimum atomic E-state index is 0.107. The lowest BCUT2D eigenvalue weighted by Gasteiger charge is -2.27. The van der Waals surface area contributed by atoms with Crippen LogP contribution in [0.25, 0.3) is 0 Å². The van der Waals surface area contributed by atoms with Crippen molar-refractivity contribution in [2.45, 2.75) is 19.5 Å². The lowest BCUT2D eigenvalue weighted by atomic mass is 10.3. The molecule has 0 atom stereocenters. The highest BCUT2D eigenvalue weighted by molar-refractivity contribution is 7.09. The second kappa shape index (κ2) is 5.92. The summed E-state index contributed by atoms with van der Waals surface area (Å²) >= 11 is 1.64. The van der Waals surface area contributed by atoms with E-state index in [9.17, 15) is 4.79 Å². The average Bonchev–Trinajstić information content (AvgIpc) is 3.12. The van der Waals surface area contributed by atoms with Gasteiger partial charge in [0.05, 0.1) is 25.9 Å². The van der Waals surface area contributed by atoms with Crippen LogP contribution in [-0.2, 0) is 17.9 Å². The Bertz CT molecular complexity index is 590. The molecule has 6 heteroatoms. The number of carbonyl (C=O) groups excluding carboxylic acids is 1. The summed E-state index contributed by atoms with van der Waals surface area (Å²) in [5, 5.41) is 5.19. The molecule has 2 aromatic rings. The summed E-state index contributed by atoms with van der Waals surface area (Å²) in [6.07, 6.45) is 2.10. The van der Waals surface area contributed by atoms with Crippen molar-refractivity contribution >= 4 is 23.2 Å². The second-order valence-corrected chi connectivity index (χ2v) is 5.48. The largest absolute Gasteiger partial charge is 0.467 e. The topological polar surface area (TPSA) is 57.8 Å². The van der Waals surface area contributed by atoms with Gasteiger partial charge in [-0.1, -0.05) is 6.07 Å². The van der Waals surface area contributed by atoms with E-state index in [1.807, 2.05) is 29.6 Å². The Morgan fingerprint density at radius 3 is 3.10 bits per heavy atom. The first-order chi connectivity index (χ1) is 9.83. The van der Waals surface area contributed by atoms with E-state index in [1.54, 1.807) is 22.5 Å². The predicted octanol–water partition coefficient (Wildman–Crippen LogP) is 2.22. The van der Waals surface area contributed by atoms with Gasteiger partial charge in [-0.05, 0) is 23.6 Å². The molecule has 3 rings (SSSR count). The summed E-state index contributed by atoms with van der Waals surface area (Å²) in [7, 11) is 0. The lowest BCUT2D eigenvalue weighted by Crippen LogP contribution is -2.46. The van der Waals surface area contributed by atoms with Crippen LogP contribution < -0.4 is 5.32 Å². The van der Waals surface area contributed by atoms with Crippen molar-refractivity contribution in [2.24, 2.45) is 4.99 Å². The van der Waals surface area contributed by atoms with Gasteiger partial charge in [0.2, 0.25) is 11.9 Å². The van der Waals surface area contributed by atoms with Gasteiger partial charge >= 0.3 is 0 Å². The van der Waals surface area contributed by atoms with Crippen LogP contribution in [0, 0.1) is 0 Å². The number of hydrogen-bond acceptors (Lipinski definition) is 5. The van der Waals surface area contributed by atoms with Crippen LogP contribution in [0.5, 0.6) is 0 Å². The number of rotatable bonds is 4. The zero-order valence-electron chi connectivity index (χ0n) is 10.9. The highest BCUT2D eigenvalue weighted by atomic mass is 32.1. The van der Waals surface area contributed by atoms with E-state index in [0.29, 0.717) is 32.0 Å². The number of aliphatic imine (C=N–C) groups is 1. The van der Waals surface area contributed by atoms with E-state index in [0.717, 1.165) is 10.6 Å². The Hall–Kier alpha value is -2.08. The van der Waals surface area contributed by atoms with Gasteiger partial charge in [-0.25, -0.2) is 0 Å². The molecule has 0 bridgehead atoms. The summed E-state index contributed by atoms with van der Waals surface area (Å²) in [5.74, 6) is 1.56. The van der Waals surface area contributed by atoms with Gasteiger partial charge in [-0.3, -0.25) is 14.7 Å². The van der Waals surface area contributed by atoms with Crippen LogP contribution in [0.15, 0.2) is 45.3 Å². The van der Waals surface area contributed by atoms with E-state index in [4.69, 9.17) is 4.42 Å². The molecule has 104 valence electrons. The number of amides is 1. The van der Waals surface area contributed by atoms with Crippen LogP contribution in [-0.4, -0.2) is 23.3 Å². The average molecular weight is 289 g/mol. The van der Waals surface area contributed by atoms with E-state index < -0.39 is 0 Å². The molecule has 1 amide bonds. The molecule has 5 nitrogen and oxygen atoms in total. The van der Waals surface area contributed by atoms with E-state index in [2.05, 4.69) is 10.3 Å². The van der Waals surface area contributed by atoms with Crippen molar-refractivity contribution in [3.05, 3.63) is 46.5 Å². The molecule has 0 aromatic carbocycles. The molecule has 0 fully saturated rings. The van der Waals surface area contributed by atoms with Gasteiger partial charge in [0.25, 0.3) is 0 Å². The van der Waals surface area contributed by atoms with Crippen molar-refractivity contribution < 1.29 is 9.21 Å². The van der Waals surface area contributed by atoms with Gasteiger partial charge in [-0.2, -0.15) is 0 Å². The van der Waals surface area contributed by atoms with Gasteiger partial charge in [0.15, 0.2) is 0 Å². The molecule has 0 radical (unpaired) electrons. The summed E-state index contributed by atoms with van der Waals surface area (Å²) in [4.78, 5) is 19.3. The van der Waals surface area contributed by atoms with E-state index in [-0.39, 0.29) is 5.91 Å². The standard InChI is InChI=1S/C14H15N3O2S/c18-13-5-6-15-14(16-9-11-3-1-7-19-11)17(13)10-12-4-2-8-20-12/h1-4,7-8H,5-6,9-10H2,(H,15,16). The van der Waals surface area contributed by atoms with Crippen LogP contribution in [0.4, 0.5) is 0 Å². The highest BCUT2D eigenvalue weighted by Crippen LogP contribution is 2.15. The minimum Gasteiger partial charge on any atom is -0.467 e. The number of nitrogens with one attached hydrogen (secondary N) is 1. The van der Waals surface area contributed by atoms with Gasteiger partial charge < -0.3 is 9.73 Å². The molecule has 1 N–H and O–H groups in total. The summed E-state index contributed by atoms with van der Waals surface area (Å²) < 4.78 is 5.27. The van der Waals surface area contributed by atoms with E-state index >= 15 is 0 Å². The Morgan fingerprint density at radius 2 is 2.35 bits per heavy atom. The fraction of sp³-hybridized carbons (Fsp3) is 0.286. The number of carbonyl (C=O) groups is 1. The summed E-state index contributed by atoms with van der Waals surface area (Å²) in [6.45, 7) is 1.64. The fourth-order valence-corrected chi connectivity index (χ4v) is 2.74. The summed E-state index contributed by atoms with van der Waals surface area (Å²) in [5.41, 5.74) is 0. The quantitative estimate of drug-likeness (QED) is 0.939. The van der Waals surface area contributed by atoms with Crippen molar-refractivity contribution in [3.63, 3.8) is 0 Å². The maximum Gasteiger partial charge on any atom is 0.231 e. The van der Waals surface area contributed by atoms with Crippen molar-refractivity contribution in [3.8, 4) is 0 Å². The first kappa shape index (κ1) is 12.9. The number of furan rings is 1. The van der Waals surface area contributed by atoms with Crippen molar-refractivity contribution in [1.29, 1.82) is 0 Å². The number of thiophene rings is 1. The molecule has 0 aliphatic carbocycles. The zero-order chi connectivity index (χ0) is 13.8. The monoisotopic (exact) mass is 289 g/mol. The number of nitrogens with zero attached hydrogens (tertiary/aromatic N) is 2. The third-order valence-electron chi connectivity index (χ3n) is 3.04. The maximum atomic E-state index is 12.1. The fourth-order valence-electron chi connectivity index (χ4n) is 2.05. The molecule has 1 aliphatic heterocycles. The van der Waals surface area contributed by atoms with Crippen LogP contribution >= 0.6 is 11.3 Å². The van der Waals surface area contributed by atoms with Crippen molar-refractivity contribution in [1.82, 2.24) is 10.2 Å². The zero-order valence-corrected chi connectivity index (χ0v) is 11.7. The first-order valence-corrected chi connectivity index (χ1v) is 7.34. The third-order valence-corrected chi connectivity index (χ3v) is 3.90. The number of hydrogen-bond donors (Lipinski definition) is 1. The van der Waals surface area contributed by atoms with Crippen LogP contribution in [0.1, 0.15) is 17.1 Å². The van der Waals surface area contributed by atoms with Gasteiger partial charge in [0, 0.05) is 11.3 Å². The molecule has 0 unspecified atom stereocenters. The van der Waals surface area contributed by atoms with Gasteiger partial charge in [0.1, 0.15) is 5.76 Å². The normalized spacial score (nSPS) is 15.3. The first-order valence-electron chi connectivity index (χ1n) is 6.46.